The molecule has 7 heteroatoms. The molecule has 0 atom stereocenters. The highest BCUT2D eigenvalue weighted by Gasteiger charge is 2.30. The molecule has 1 N–H and O–H groups in total. The molecule has 0 spiro atoms. The zero-order chi connectivity index (χ0) is 19.3. The van der Waals surface area contributed by atoms with Crippen molar-refractivity contribution in [2.75, 3.05) is 0 Å². The van der Waals surface area contributed by atoms with E-state index in [1.165, 1.54) is 18.4 Å². The lowest BCUT2D eigenvalue weighted by atomic mass is 10.1. The van der Waals surface area contributed by atoms with Crippen molar-refractivity contribution in [2.24, 2.45) is 0 Å². The van der Waals surface area contributed by atoms with Crippen molar-refractivity contribution in [1.82, 2.24) is 5.32 Å². The van der Waals surface area contributed by atoms with Crippen molar-refractivity contribution in [2.45, 2.75) is 19.3 Å². The molecule has 0 saturated carbocycles. The molecule has 0 unspecified atom stereocenters. The molecule has 0 aliphatic heterocycles. The molecule has 0 aliphatic rings. The maximum Gasteiger partial charge on any atom is 0.416 e. The fourth-order valence-electron chi connectivity index (χ4n) is 2.45. The highest BCUT2D eigenvalue weighted by atomic mass is 19.4. The molecular formula is C20H16F3NO3. The summed E-state index contributed by atoms with van der Waals surface area (Å²) in [6.45, 7) is 0.0786. The summed E-state index contributed by atoms with van der Waals surface area (Å²) in [6, 6.07) is 15.5. The van der Waals surface area contributed by atoms with Crippen LogP contribution in [0.2, 0.25) is 0 Å². The normalized spacial score (nSPS) is 11.2. The number of ether oxygens (including phenoxy) is 1. The van der Waals surface area contributed by atoms with E-state index >= 15 is 0 Å². The van der Waals surface area contributed by atoms with Gasteiger partial charge in [0.1, 0.15) is 12.4 Å². The zero-order valence-corrected chi connectivity index (χ0v) is 14.1. The summed E-state index contributed by atoms with van der Waals surface area (Å²) >= 11 is 0. The third-order valence-electron chi connectivity index (χ3n) is 3.80. The van der Waals surface area contributed by atoms with Gasteiger partial charge in [0.05, 0.1) is 11.8 Å². The van der Waals surface area contributed by atoms with Crippen LogP contribution in [0.25, 0.3) is 0 Å². The van der Waals surface area contributed by atoms with Crippen LogP contribution in [0.4, 0.5) is 13.2 Å². The van der Waals surface area contributed by atoms with Crippen molar-refractivity contribution < 1.29 is 27.1 Å². The Morgan fingerprint density at radius 3 is 2.56 bits per heavy atom. The van der Waals surface area contributed by atoms with E-state index in [1.54, 1.807) is 18.2 Å². The lowest BCUT2D eigenvalue weighted by molar-refractivity contribution is -0.137. The van der Waals surface area contributed by atoms with Gasteiger partial charge in [-0.1, -0.05) is 30.3 Å². The summed E-state index contributed by atoms with van der Waals surface area (Å²) in [6.07, 6.45) is -3.06. The van der Waals surface area contributed by atoms with E-state index in [9.17, 15) is 18.0 Å². The quantitative estimate of drug-likeness (QED) is 0.673. The third-order valence-corrected chi connectivity index (χ3v) is 3.80. The second-order valence-corrected chi connectivity index (χ2v) is 5.76. The van der Waals surface area contributed by atoms with Crippen LogP contribution in [0.15, 0.2) is 71.3 Å². The Bertz CT molecular complexity index is 904. The van der Waals surface area contributed by atoms with E-state index in [1.807, 2.05) is 18.2 Å². The predicted octanol–water partition coefficient (Wildman–Crippen LogP) is 4.81. The van der Waals surface area contributed by atoms with Crippen LogP contribution in [-0.4, -0.2) is 5.91 Å². The highest BCUT2D eigenvalue weighted by Crippen LogP contribution is 2.29. The second-order valence-electron chi connectivity index (χ2n) is 5.76. The van der Waals surface area contributed by atoms with Gasteiger partial charge in [0.25, 0.3) is 5.91 Å². The summed E-state index contributed by atoms with van der Waals surface area (Å²) in [5.74, 6) is 0.191. The molecule has 27 heavy (non-hydrogen) atoms. The van der Waals surface area contributed by atoms with Gasteiger partial charge in [-0.2, -0.15) is 13.2 Å². The van der Waals surface area contributed by atoms with Crippen molar-refractivity contribution in [3.63, 3.8) is 0 Å². The molecule has 140 valence electrons. The van der Waals surface area contributed by atoms with E-state index < -0.39 is 17.6 Å². The largest absolute Gasteiger partial charge is 0.489 e. The first kappa shape index (κ1) is 18.6. The van der Waals surface area contributed by atoms with E-state index in [-0.39, 0.29) is 18.9 Å². The standard InChI is InChI=1S/C20H16F3NO3/c21-20(22,23)16-6-4-5-14(11-16)12-24-19(25)18-15(9-10-26-18)13-27-17-7-2-1-3-8-17/h1-11H,12-13H2,(H,24,25). The Morgan fingerprint density at radius 1 is 1.04 bits per heavy atom. The Kier molecular flexibility index (Phi) is 5.49. The van der Waals surface area contributed by atoms with Gasteiger partial charge in [-0.25, -0.2) is 0 Å². The van der Waals surface area contributed by atoms with Crippen LogP contribution in [0.3, 0.4) is 0 Å². The van der Waals surface area contributed by atoms with Gasteiger partial charge < -0.3 is 14.5 Å². The predicted molar refractivity (Wildman–Crippen MR) is 92.1 cm³/mol. The molecule has 0 saturated heterocycles. The number of amides is 1. The Labute approximate surface area is 153 Å². The monoisotopic (exact) mass is 375 g/mol. The van der Waals surface area contributed by atoms with E-state index in [0.29, 0.717) is 16.9 Å². The van der Waals surface area contributed by atoms with Crippen molar-refractivity contribution in [3.05, 3.63) is 89.4 Å². The number of halogens is 3. The third kappa shape index (κ3) is 4.91. The first-order valence-electron chi connectivity index (χ1n) is 8.12. The Morgan fingerprint density at radius 2 is 1.81 bits per heavy atom. The molecular weight excluding hydrogens is 359 g/mol. The molecule has 3 rings (SSSR count). The van der Waals surface area contributed by atoms with Crippen molar-refractivity contribution in [3.8, 4) is 5.75 Å². The molecule has 1 amide bonds. The number of furan rings is 1. The number of rotatable bonds is 6. The summed E-state index contributed by atoms with van der Waals surface area (Å²) < 4.78 is 49.1. The minimum atomic E-state index is -4.43. The minimum absolute atomic E-state index is 0.0531. The molecule has 1 aromatic heterocycles. The SMILES string of the molecule is O=C(NCc1cccc(C(F)(F)F)c1)c1occc1COc1ccccc1. The fraction of sp³-hybridized carbons (Fsp3) is 0.150. The number of nitrogens with one attached hydrogen (secondary N) is 1. The molecule has 3 aromatic rings. The summed E-state index contributed by atoms with van der Waals surface area (Å²) in [5.41, 5.74) is 0.122. The number of para-hydroxylation sites is 1. The molecule has 0 bridgehead atoms. The van der Waals surface area contributed by atoms with Gasteiger partial charge in [0.15, 0.2) is 5.76 Å². The average molecular weight is 375 g/mol. The smallest absolute Gasteiger partial charge is 0.416 e. The van der Waals surface area contributed by atoms with Gasteiger partial charge in [0.2, 0.25) is 0 Å². The molecule has 0 radical (unpaired) electrons. The molecule has 2 aromatic carbocycles. The molecule has 0 fully saturated rings. The minimum Gasteiger partial charge on any atom is -0.489 e. The van der Waals surface area contributed by atoms with Gasteiger partial charge >= 0.3 is 6.18 Å². The lowest BCUT2D eigenvalue weighted by Crippen LogP contribution is -2.23. The molecule has 4 nitrogen and oxygen atoms in total. The van der Waals surface area contributed by atoms with Crippen molar-refractivity contribution in [1.29, 1.82) is 0 Å². The van der Waals surface area contributed by atoms with Crippen LogP contribution < -0.4 is 10.1 Å². The van der Waals surface area contributed by atoms with Crippen LogP contribution in [0.1, 0.15) is 27.2 Å². The number of carbonyl (C=O) groups excluding carboxylic acids is 1. The molecule has 0 aliphatic carbocycles. The number of hydrogen-bond acceptors (Lipinski definition) is 3. The van der Waals surface area contributed by atoms with Gasteiger partial charge in [-0.05, 0) is 35.9 Å². The van der Waals surface area contributed by atoms with Crippen molar-refractivity contribution >= 4 is 5.91 Å². The lowest BCUT2D eigenvalue weighted by Gasteiger charge is -2.10. The maximum absolute atomic E-state index is 12.8. The second kappa shape index (κ2) is 7.99. The number of carbonyl (C=O) groups is 1. The van der Waals surface area contributed by atoms with E-state index in [0.717, 1.165) is 12.1 Å². The topological polar surface area (TPSA) is 51.5 Å². The Balaban J connectivity index is 1.61. The number of benzene rings is 2. The summed E-state index contributed by atoms with van der Waals surface area (Å²) in [5, 5.41) is 2.56. The van der Waals surface area contributed by atoms with Crippen LogP contribution in [0.5, 0.6) is 5.75 Å². The van der Waals surface area contributed by atoms with E-state index in [2.05, 4.69) is 5.32 Å². The van der Waals surface area contributed by atoms with Gasteiger partial charge in [-0.3, -0.25) is 4.79 Å². The Hall–Kier alpha value is -3.22. The molecule has 1 heterocycles. The zero-order valence-electron chi connectivity index (χ0n) is 14.1. The van der Waals surface area contributed by atoms with Crippen LogP contribution in [-0.2, 0) is 19.3 Å². The van der Waals surface area contributed by atoms with Crippen LogP contribution >= 0.6 is 0 Å². The first-order valence-corrected chi connectivity index (χ1v) is 8.12. The summed E-state index contributed by atoms with van der Waals surface area (Å²) in [7, 11) is 0. The highest BCUT2D eigenvalue weighted by molar-refractivity contribution is 5.92. The number of hydrogen-bond donors (Lipinski definition) is 1. The first-order chi connectivity index (χ1) is 12.9. The average Bonchev–Trinajstić information content (AvgIpc) is 3.13. The summed E-state index contributed by atoms with van der Waals surface area (Å²) in [4.78, 5) is 12.3. The van der Waals surface area contributed by atoms with Crippen LogP contribution in [0, 0.1) is 0 Å². The van der Waals surface area contributed by atoms with E-state index in [4.69, 9.17) is 9.15 Å². The van der Waals surface area contributed by atoms with Gasteiger partial charge in [-0.15, -0.1) is 0 Å². The number of alkyl halides is 3. The van der Waals surface area contributed by atoms with Gasteiger partial charge in [0, 0.05) is 12.1 Å². The maximum atomic E-state index is 12.8. The fourth-order valence-corrected chi connectivity index (χ4v) is 2.45.